The Balaban J connectivity index is 2.00. The van der Waals surface area contributed by atoms with Crippen LogP contribution in [-0.4, -0.2) is 28.7 Å². The van der Waals surface area contributed by atoms with E-state index >= 15 is 0 Å². The summed E-state index contributed by atoms with van der Waals surface area (Å²) in [5.41, 5.74) is 1.64. The summed E-state index contributed by atoms with van der Waals surface area (Å²) in [6.07, 6.45) is 3.91. The Morgan fingerprint density at radius 3 is 2.47 bits per heavy atom. The second kappa shape index (κ2) is 6.20. The van der Waals surface area contributed by atoms with Gasteiger partial charge < -0.3 is 15.0 Å². The summed E-state index contributed by atoms with van der Waals surface area (Å²) in [7, 11) is 0. The average Bonchev–Trinajstić information content (AvgIpc) is 2.98. The zero-order valence-electron chi connectivity index (χ0n) is 10.9. The van der Waals surface area contributed by atoms with Gasteiger partial charge in [0.15, 0.2) is 0 Å². The van der Waals surface area contributed by atoms with Crippen LogP contribution in [0.15, 0.2) is 48.8 Å². The van der Waals surface area contributed by atoms with E-state index in [0.717, 1.165) is 5.69 Å². The van der Waals surface area contributed by atoms with Crippen LogP contribution >= 0.6 is 0 Å². The van der Waals surface area contributed by atoms with Gasteiger partial charge in [0.25, 0.3) is 5.91 Å². The highest BCUT2D eigenvalue weighted by Crippen LogP contribution is 2.10. The number of aromatic nitrogens is 1. The van der Waals surface area contributed by atoms with Gasteiger partial charge in [0.05, 0.1) is 0 Å². The number of aliphatic hydroxyl groups is 1. The van der Waals surface area contributed by atoms with Crippen LogP contribution in [0.25, 0.3) is 5.69 Å². The minimum atomic E-state index is -0.112. The molecule has 4 heteroatoms. The Labute approximate surface area is 112 Å². The van der Waals surface area contributed by atoms with Crippen LogP contribution in [0.4, 0.5) is 0 Å². The molecule has 1 atom stereocenters. The van der Waals surface area contributed by atoms with E-state index in [0.29, 0.717) is 12.1 Å². The molecule has 19 heavy (non-hydrogen) atoms. The summed E-state index contributed by atoms with van der Waals surface area (Å²) >= 11 is 0. The second-order valence-corrected chi connectivity index (χ2v) is 4.63. The van der Waals surface area contributed by atoms with Crippen molar-refractivity contribution >= 4 is 5.91 Å². The van der Waals surface area contributed by atoms with Crippen LogP contribution < -0.4 is 5.32 Å². The summed E-state index contributed by atoms with van der Waals surface area (Å²) in [6, 6.07) is 11.3. The molecule has 0 radical (unpaired) electrons. The molecule has 0 bridgehead atoms. The van der Waals surface area contributed by atoms with Crippen molar-refractivity contribution in [2.24, 2.45) is 5.92 Å². The van der Waals surface area contributed by atoms with Gasteiger partial charge in [0.2, 0.25) is 0 Å². The highest BCUT2D eigenvalue weighted by Gasteiger charge is 2.07. The van der Waals surface area contributed by atoms with Crippen LogP contribution in [-0.2, 0) is 0 Å². The normalized spacial score (nSPS) is 12.1. The van der Waals surface area contributed by atoms with Crippen LogP contribution in [0.5, 0.6) is 0 Å². The highest BCUT2D eigenvalue weighted by molar-refractivity contribution is 5.94. The largest absolute Gasteiger partial charge is 0.396 e. The van der Waals surface area contributed by atoms with Crippen LogP contribution in [0.1, 0.15) is 17.3 Å². The topological polar surface area (TPSA) is 54.3 Å². The molecule has 0 aliphatic carbocycles. The summed E-state index contributed by atoms with van der Waals surface area (Å²) in [5.74, 6) is -0.0394. The molecule has 0 fully saturated rings. The van der Waals surface area contributed by atoms with Crippen molar-refractivity contribution in [3.8, 4) is 5.69 Å². The molecule has 2 N–H and O–H groups in total. The number of amides is 1. The molecule has 100 valence electrons. The van der Waals surface area contributed by atoms with E-state index in [2.05, 4.69) is 5.32 Å². The van der Waals surface area contributed by atoms with Gasteiger partial charge in [-0.15, -0.1) is 0 Å². The number of nitrogens with one attached hydrogen (secondary N) is 1. The van der Waals surface area contributed by atoms with Gasteiger partial charge >= 0.3 is 0 Å². The lowest BCUT2D eigenvalue weighted by molar-refractivity contribution is 0.0942. The fourth-order valence-corrected chi connectivity index (χ4v) is 1.73. The van der Waals surface area contributed by atoms with Gasteiger partial charge in [-0.05, 0) is 42.3 Å². The Morgan fingerprint density at radius 1 is 1.26 bits per heavy atom. The Hall–Kier alpha value is -2.07. The third kappa shape index (κ3) is 3.45. The minimum Gasteiger partial charge on any atom is -0.396 e. The van der Waals surface area contributed by atoms with Crippen molar-refractivity contribution in [2.45, 2.75) is 6.92 Å². The summed E-state index contributed by atoms with van der Waals surface area (Å²) in [6.45, 7) is 2.44. The summed E-state index contributed by atoms with van der Waals surface area (Å²) < 4.78 is 1.98. The monoisotopic (exact) mass is 258 g/mol. The molecule has 0 saturated heterocycles. The van der Waals surface area contributed by atoms with Gasteiger partial charge in [-0.1, -0.05) is 6.92 Å². The van der Waals surface area contributed by atoms with E-state index < -0.39 is 0 Å². The maximum absolute atomic E-state index is 11.9. The Kier molecular flexibility index (Phi) is 4.36. The number of hydrogen-bond acceptors (Lipinski definition) is 2. The fourth-order valence-electron chi connectivity index (χ4n) is 1.73. The van der Waals surface area contributed by atoms with Crippen LogP contribution in [0, 0.1) is 5.92 Å². The maximum atomic E-state index is 11.9. The number of nitrogens with zero attached hydrogens (tertiary/aromatic N) is 1. The van der Waals surface area contributed by atoms with E-state index in [1.165, 1.54) is 0 Å². The molecule has 2 rings (SSSR count). The van der Waals surface area contributed by atoms with Gasteiger partial charge in [-0.25, -0.2) is 0 Å². The molecule has 1 heterocycles. The molecular weight excluding hydrogens is 240 g/mol. The third-order valence-electron chi connectivity index (χ3n) is 2.95. The van der Waals surface area contributed by atoms with Crippen LogP contribution in [0.2, 0.25) is 0 Å². The maximum Gasteiger partial charge on any atom is 0.251 e. The third-order valence-corrected chi connectivity index (χ3v) is 2.95. The van der Waals surface area contributed by atoms with E-state index in [1.54, 1.807) is 12.1 Å². The number of rotatable bonds is 5. The highest BCUT2D eigenvalue weighted by atomic mass is 16.3. The molecular formula is C15H18N2O2. The Bertz CT molecular complexity index is 518. The lowest BCUT2D eigenvalue weighted by Crippen LogP contribution is -2.29. The molecule has 2 aromatic rings. The van der Waals surface area contributed by atoms with E-state index in [9.17, 15) is 4.79 Å². The van der Waals surface area contributed by atoms with Crippen molar-refractivity contribution in [1.29, 1.82) is 0 Å². The lowest BCUT2D eigenvalue weighted by atomic mass is 10.1. The summed E-state index contributed by atoms with van der Waals surface area (Å²) in [4.78, 5) is 11.9. The quantitative estimate of drug-likeness (QED) is 0.859. The Morgan fingerprint density at radius 2 is 1.89 bits per heavy atom. The second-order valence-electron chi connectivity index (χ2n) is 4.63. The first kappa shape index (κ1) is 13.4. The molecule has 0 saturated carbocycles. The molecule has 0 aliphatic heterocycles. The van der Waals surface area contributed by atoms with E-state index in [1.807, 2.05) is 48.1 Å². The van der Waals surface area contributed by atoms with Crippen molar-refractivity contribution in [3.05, 3.63) is 54.4 Å². The first-order valence-corrected chi connectivity index (χ1v) is 6.33. The number of hydrogen-bond donors (Lipinski definition) is 2. The molecule has 1 amide bonds. The lowest BCUT2D eigenvalue weighted by Gasteiger charge is -2.10. The fraction of sp³-hybridized carbons (Fsp3) is 0.267. The number of aliphatic hydroxyl groups excluding tert-OH is 1. The van der Waals surface area contributed by atoms with Gasteiger partial charge in [-0.2, -0.15) is 0 Å². The molecule has 0 aliphatic rings. The van der Waals surface area contributed by atoms with Gasteiger partial charge in [0, 0.05) is 36.8 Å². The van der Waals surface area contributed by atoms with E-state index in [-0.39, 0.29) is 18.4 Å². The van der Waals surface area contributed by atoms with Crippen molar-refractivity contribution in [2.75, 3.05) is 13.2 Å². The van der Waals surface area contributed by atoms with Gasteiger partial charge in [0.1, 0.15) is 0 Å². The predicted octanol–water partition coefficient (Wildman–Crippen LogP) is 1.84. The summed E-state index contributed by atoms with van der Waals surface area (Å²) in [5, 5.41) is 11.7. The standard InChI is InChI=1S/C15H18N2O2/c1-12(11-18)10-16-15(19)13-4-6-14(7-5-13)17-8-2-3-9-17/h2-9,12,18H,10-11H2,1H3,(H,16,19). The van der Waals surface area contributed by atoms with Crippen molar-refractivity contribution in [1.82, 2.24) is 9.88 Å². The smallest absolute Gasteiger partial charge is 0.251 e. The van der Waals surface area contributed by atoms with Crippen molar-refractivity contribution < 1.29 is 9.90 Å². The van der Waals surface area contributed by atoms with Gasteiger partial charge in [-0.3, -0.25) is 4.79 Å². The number of carbonyl (C=O) groups excluding carboxylic acids is 1. The first-order valence-electron chi connectivity index (χ1n) is 6.33. The minimum absolute atomic E-state index is 0.0723. The average molecular weight is 258 g/mol. The van der Waals surface area contributed by atoms with Crippen molar-refractivity contribution in [3.63, 3.8) is 0 Å². The van der Waals surface area contributed by atoms with E-state index in [4.69, 9.17) is 5.11 Å². The molecule has 4 nitrogen and oxygen atoms in total. The number of carbonyl (C=O) groups is 1. The molecule has 0 spiro atoms. The molecule has 1 unspecified atom stereocenters. The zero-order chi connectivity index (χ0) is 13.7. The molecule has 1 aromatic carbocycles. The predicted molar refractivity (Wildman–Crippen MR) is 74.4 cm³/mol. The zero-order valence-corrected chi connectivity index (χ0v) is 10.9. The molecule has 1 aromatic heterocycles. The SMILES string of the molecule is CC(CO)CNC(=O)c1ccc(-n2cccc2)cc1. The van der Waals surface area contributed by atoms with Crippen LogP contribution in [0.3, 0.4) is 0 Å². The number of benzene rings is 1. The first-order chi connectivity index (χ1) is 9.20.